The van der Waals surface area contributed by atoms with Crippen molar-refractivity contribution < 1.29 is 13.9 Å². The van der Waals surface area contributed by atoms with Gasteiger partial charge in [-0.15, -0.1) is 0 Å². The van der Waals surface area contributed by atoms with Crippen molar-refractivity contribution in [1.82, 2.24) is 0 Å². The summed E-state index contributed by atoms with van der Waals surface area (Å²) < 4.78 is 18.0. The van der Waals surface area contributed by atoms with Crippen molar-refractivity contribution in [2.75, 3.05) is 6.61 Å². The van der Waals surface area contributed by atoms with Crippen molar-refractivity contribution in [3.05, 3.63) is 30.1 Å². The molecule has 1 aromatic carbocycles. The van der Waals surface area contributed by atoms with Gasteiger partial charge in [-0.2, -0.15) is 0 Å². The lowest BCUT2D eigenvalue weighted by Crippen LogP contribution is -1.98. The number of hydrogen-bond acceptors (Lipinski definition) is 2. The van der Waals surface area contributed by atoms with E-state index in [1.165, 1.54) is 6.07 Å². The lowest BCUT2D eigenvalue weighted by atomic mass is 10.3. The second-order valence-corrected chi connectivity index (χ2v) is 2.59. The third-order valence-electron chi connectivity index (χ3n) is 1.56. The Hall–Kier alpha value is -1.38. The molecule has 0 radical (unpaired) electrons. The summed E-state index contributed by atoms with van der Waals surface area (Å²) in [5, 5.41) is 0. The SMILES string of the molecule is O=CCCCOc1ccccc1F. The number of halogens is 1. The molecule has 0 saturated carbocycles. The summed E-state index contributed by atoms with van der Waals surface area (Å²) in [5.41, 5.74) is 0. The molecule has 0 unspecified atom stereocenters. The van der Waals surface area contributed by atoms with Crippen LogP contribution in [0.4, 0.5) is 4.39 Å². The fraction of sp³-hybridized carbons (Fsp3) is 0.300. The van der Waals surface area contributed by atoms with Gasteiger partial charge < -0.3 is 9.53 Å². The molecule has 0 aliphatic carbocycles. The van der Waals surface area contributed by atoms with Gasteiger partial charge in [0, 0.05) is 6.42 Å². The normalized spacial score (nSPS) is 9.62. The predicted molar refractivity (Wildman–Crippen MR) is 47.2 cm³/mol. The highest BCUT2D eigenvalue weighted by atomic mass is 19.1. The Bertz CT molecular complexity index is 273. The van der Waals surface area contributed by atoms with Crippen LogP contribution in [0.15, 0.2) is 24.3 Å². The summed E-state index contributed by atoms with van der Waals surface area (Å²) in [6, 6.07) is 6.22. The third kappa shape index (κ3) is 3.23. The summed E-state index contributed by atoms with van der Waals surface area (Å²) in [4.78, 5) is 9.95. The van der Waals surface area contributed by atoms with Gasteiger partial charge in [0.15, 0.2) is 11.6 Å². The van der Waals surface area contributed by atoms with Crippen molar-refractivity contribution in [1.29, 1.82) is 0 Å². The maximum absolute atomic E-state index is 12.9. The van der Waals surface area contributed by atoms with Crippen molar-refractivity contribution in [2.45, 2.75) is 12.8 Å². The van der Waals surface area contributed by atoms with E-state index in [0.717, 1.165) is 6.29 Å². The van der Waals surface area contributed by atoms with Crippen molar-refractivity contribution in [3.63, 3.8) is 0 Å². The molecule has 0 aromatic heterocycles. The van der Waals surface area contributed by atoms with E-state index < -0.39 is 0 Å². The summed E-state index contributed by atoms with van der Waals surface area (Å²) >= 11 is 0. The molecule has 0 N–H and O–H groups in total. The minimum Gasteiger partial charge on any atom is -0.491 e. The fourth-order valence-electron chi connectivity index (χ4n) is 0.911. The van der Waals surface area contributed by atoms with Gasteiger partial charge in [-0.25, -0.2) is 4.39 Å². The number of carbonyl (C=O) groups is 1. The van der Waals surface area contributed by atoms with Gasteiger partial charge in [0.2, 0.25) is 0 Å². The number of unbranched alkanes of at least 4 members (excludes halogenated alkanes) is 1. The highest BCUT2D eigenvalue weighted by Crippen LogP contribution is 2.15. The van der Waals surface area contributed by atoms with Crippen LogP contribution < -0.4 is 4.74 Å². The van der Waals surface area contributed by atoms with E-state index in [2.05, 4.69) is 0 Å². The molecule has 2 nitrogen and oxygen atoms in total. The van der Waals surface area contributed by atoms with E-state index in [-0.39, 0.29) is 11.6 Å². The molecule has 0 fully saturated rings. The van der Waals surface area contributed by atoms with Crippen LogP contribution in [-0.2, 0) is 4.79 Å². The first kappa shape index (κ1) is 9.71. The van der Waals surface area contributed by atoms with Gasteiger partial charge in [0.1, 0.15) is 6.29 Å². The number of para-hydroxylation sites is 1. The Morgan fingerprint density at radius 1 is 1.38 bits per heavy atom. The first-order valence-corrected chi connectivity index (χ1v) is 4.15. The molecule has 70 valence electrons. The summed E-state index contributed by atoms with van der Waals surface area (Å²) in [6.07, 6.45) is 1.90. The number of benzene rings is 1. The average molecular weight is 182 g/mol. The van der Waals surface area contributed by atoms with Gasteiger partial charge in [0.25, 0.3) is 0 Å². The van der Waals surface area contributed by atoms with Gasteiger partial charge in [-0.05, 0) is 18.6 Å². The molecule has 0 aliphatic rings. The fourth-order valence-corrected chi connectivity index (χ4v) is 0.911. The van der Waals surface area contributed by atoms with Crippen LogP contribution in [0, 0.1) is 5.82 Å². The Labute approximate surface area is 76.3 Å². The molecule has 1 aromatic rings. The topological polar surface area (TPSA) is 26.3 Å². The first-order valence-electron chi connectivity index (χ1n) is 4.15. The molecule has 0 spiro atoms. The van der Waals surface area contributed by atoms with E-state index in [1.54, 1.807) is 18.2 Å². The van der Waals surface area contributed by atoms with E-state index in [9.17, 15) is 9.18 Å². The predicted octanol–water partition coefficient (Wildman–Crippen LogP) is 2.18. The Morgan fingerprint density at radius 3 is 2.85 bits per heavy atom. The minimum atomic E-state index is -0.367. The number of rotatable bonds is 5. The van der Waals surface area contributed by atoms with E-state index in [1.807, 2.05) is 0 Å². The van der Waals surface area contributed by atoms with Crippen molar-refractivity contribution in [3.8, 4) is 5.75 Å². The van der Waals surface area contributed by atoms with Gasteiger partial charge in [-0.3, -0.25) is 0 Å². The van der Waals surface area contributed by atoms with E-state index in [0.29, 0.717) is 19.4 Å². The summed E-state index contributed by atoms with van der Waals surface area (Å²) in [7, 11) is 0. The number of hydrogen-bond donors (Lipinski definition) is 0. The minimum absolute atomic E-state index is 0.244. The van der Waals surface area contributed by atoms with Crippen LogP contribution in [0.5, 0.6) is 5.75 Å². The second-order valence-electron chi connectivity index (χ2n) is 2.59. The summed E-state index contributed by atoms with van der Waals surface area (Å²) in [6.45, 7) is 0.375. The molecule has 3 heteroatoms. The smallest absolute Gasteiger partial charge is 0.165 e. The monoisotopic (exact) mass is 182 g/mol. The van der Waals surface area contributed by atoms with E-state index >= 15 is 0 Å². The Morgan fingerprint density at radius 2 is 2.15 bits per heavy atom. The molecule has 1 rings (SSSR count). The lowest BCUT2D eigenvalue weighted by Gasteiger charge is -2.04. The molecule has 0 atom stereocenters. The lowest BCUT2D eigenvalue weighted by molar-refractivity contribution is -0.108. The molecule has 13 heavy (non-hydrogen) atoms. The summed E-state index contributed by atoms with van der Waals surface area (Å²) in [5.74, 6) is -0.123. The Kier molecular flexibility index (Phi) is 3.96. The zero-order valence-corrected chi connectivity index (χ0v) is 7.20. The van der Waals surface area contributed by atoms with E-state index in [4.69, 9.17) is 4.74 Å². The standard InChI is InChI=1S/C10H11FO2/c11-9-5-1-2-6-10(9)13-8-4-3-7-12/h1-2,5-7H,3-4,8H2. The van der Waals surface area contributed by atoms with Crippen LogP contribution in [0.2, 0.25) is 0 Å². The molecule has 0 bridgehead atoms. The van der Waals surface area contributed by atoms with Crippen LogP contribution in [0.3, 0.4) is 0 Å². The maximum atomic E-state index is 12.9. The van der Waals surface area contributed by atoms with Gasteiger partial charge in [-0.1, -0.05) is 12.1 Å². The maximum Gasteiger partial charge on any atom is 0.165 e. The molecule has 0 heterocycles. The van der Waals surface area contributed by atoms with Crippen LogP contribution in [0.1, 0.15) is 12.8 Å². The quantitative estimate of drug-likeness (QED) is 0.515. The molecule has 0 saturated heterocycles. The van der Waals surface area contributed by atoms with Gasteiger partial charge in [0.05, 0.1) is 6.61 Å². The zero-order valence-electron chi connectivity index (χ0n) is 7.20. The van der Waals surface area contributed by atoms with Crippen molar-refractivity contribution >= 4 is 6.29 Å². The first-order chi connectivity index (χ1) is 6.34. The largest absolute Gasteiger partial charge is 0.491 e. The molecular formula is C10H11FO2. The number of ether oxygens (including phenoxy) is 1. The van der Waals surface area contributed by atoms with Crippen LogP contribution >= 0.6 is 0 Å². The Balaban J connectivity index is 2.36. The number of aldehydes is 1. The van der Waals surface area contributed by atoms with Crippen molar-refractivity contribution in [2.24, 2.45) is 0 Å². The molecule has 0 amide bonds. The van der Waals surface area contributed by atoms with Crippen LogP contribution in [0.25, 0.3) is 0 Å². The third-order valence-corrected chi connectivity index (χ3v) is 1.56. The number of carbonyl (C=O) groups excluding carboxylic acids is 1. The average Bonchev–Trinajstić information content (AvgIpc) is 2.15. The van der Waals surface area contributed by atoms with Crippen LogP contribution in [-0.4, -0.2) is 12.9 Å². The highest BCUT2D eigenvalue weighted by Gasteiger charge is 1.99. The molecule has 0 aliphatic heterocycles. The van der Waals surface area contributed by atoms with Gasteiger partial charge >= 0.3 is 0 Å². The highest BCUT2D eigenvalue weighted by molar-refractivity contribution is 5.48. The molecular weight excluding hydrogens is 171 g/mol. The second kappa shape index (κ2) is 5.30. The zero-order chi connectivity index (χ0) is 9.52.